The van der Waals surface area contributed by atoms with Crippen LogP contribution in [0.4, 0.5) is 0 Å². The molecular formula is C12H18N2OS. The molecule has 2 N–H and O–H groups in total. The highest BCUT2D eigenvalue weighted by atomic mass is 32.1. The molecule has 16 heavy (non-hydrogen) atoms. The number of carbonyl (C=O) groups is 1. The minimum absolute atomic E-state index is 0.411. The van der Waals surface area contributed by atoms with Gasteiger partial charge in [-0.05, 0) is 30.6 Å². The van der Waals surface area contributed by atoms with E-state index in [0.717, 1.165) is 0 Å². The second-order valence-corrected chi connectivity index (χ2v) is 6.45. The highest BCUT2D eigenvalue weighted by molar-refractivity contribution is 7.13. The van der Waals surface area contributed by atoms with E-state index in [0.29, 0.717) is 16.3 Å². The molecule has 3 nitrogen and oxygen atoms in total. The average Bonchev–Trinajstić information content (AvgIpc) is 2.64. The second kappa shape index (κ2) is 4.17. The monoisotopic (exact) mass is 238 g/mol. The van der Waals surface area contributed by atoms with Crippen LogP contribution in [-0.4, -0.2) is 10.9 Å². The Morgan fingerprint density at radius 2 is 2.38 bits per heavy atom. The van der Waals surface area contributed by atoms with Gasteiger partial charge in [-0.15, -0.1) is 11.3 Å². The average molecular weight is 238 g/mol. The number of hydrogen-bond donors (Lipinski definition) is 1. The van der Waals surface area contributed by atoms with Crippen molar-refractivity contribution in [1.29, 1.82) is 0 Å². The lowest BCUT2D eigenvalue weighted by molar-refractivity contribution is 0.1000. The van der Waals surface area contributed by atoms with E-state index in [4.69, 9.17) is 5.73 Å². The maximum atomic E-state index is 11.0. The fourth-order valence-corrected chi connectivity index (χ4v) is 3.43. The number of thiazole rings is 1. The largest absolute Gasteiger partial charge is 0.364 e. The molecule has 0 bridgehead atoms. The zero-order chi connectivity index (χ0) is 11.8. The third-order valence-corrected chi connectivity index (χ3v) is 4.52. The molecule has 2 rings (SSSR count). The molecular weight excluding hydrogens is 220 g/mol. The number of carbonyl (C=O) groups excluding carboxylic acids is 1. The van der Waals surface area contributed by atoms with Crippen LogP contribution in [0.5, 0.6) is 0 Å². The first kappa shape index (κ1) is 11.6. The summed E-state index contributed by atoms with van der Waals surface area (Å²) in [6, 6.07) is 0. The van der Waals surface area contributed by atoms with E-state index in [9.17, 15) is 4.79 Å². The van der Waals surface area contributed by atoms with Crippen LogP contribution in [0.3, 0.4) is 0 Å². The van der Waals surface area contributed by atoms with Gasteiger partial charge in [-0.2, -0.15) is 0 Å². The number of amides is 1. The summed E-state index contributed by atoms with van der Waals surface area (Å²) >= 11 is 1.46. The van der Waals surface area contributed by atoms with Crippen LogP contribution in [0, 0.1) is 5.41 Å². The number of rotatable bonds is 2. The van der Waals surface area contributed by atoms with Crippen LogP contribution >= 0.6 is 11.3 Å². The Kier molecular flexibility index (Phi) is 3.02. The van der Waals surface area contributed by atoms with Crippen molar-refractivity contribution in [3.63, 3.8) is 0 Å². The maximum absolute atomic E-state index is 11.0. The molecule has 1 aromatic rings. The summed E-state index contributed by atoms with van der Waals surface area (Å²) in [6.45, 7) is 4.63. The molecule has 0 aliphatic heterocycles. The number of aromatic nitrogens is 1. The predicted octanol–water partition coefficient (Wildman–Crippen LogP) is 2.93. The maximum Gasteiger partial charge on any atom is 0.277 e. The van der Waals surface area contributed by atoms with Crippen LogP contribution in [0.25, 0.3) is 0 Å². The van der Waals surface area contributed by atoms with Crippen LogP contribution in [0.2, 0.25) is 0 Å². The summed E-state index contributed by atoms with van der Waals surface area (Å²) in [5.41, 5.74) is 5.64. The van der Waals surface area contributed by atoms with Crippen molar-refractivity contribution < 1.29 is 4.79 Å². The molecule has 1 heterocycles. The Balaban J connectivity index is 2.14. The van der Waals surface area contributed by atoms with Gasteiger partial charge in [-0.3, -0.25) is 4.79 Å². The molecule has 1 unspecified atom stereocenters. The second-order valence-electron chi connectivity index (χ2n) is 5.39. The minimum Gasteiger partial charge on any atom is -0.364 e. The quantitative estimate of drug-likeness (QED) is 0.861. The lowest BCUT2D eigenvalue weighted by Gasteiger charge is -2.34. The van der Waals surface area contributed by atoms with Gasteiger partial charge in [0.05, 0.1) is 0 Å². The van der Waals surface area contributed by atoms with Gasteiger partial charge < -0.3 is 5.73 Å². The van der Waals surface area contributed by atoms with E-state index >= 15 is 0 Å². The number of nitrogens with zero attached hydrogens (tertiary/aromatic N) is 1. The number of nitrogens with two attached hydrogens (primary N) is 1. The van der Waals surface area contributed by atoms with E-state index in [1.165, 1.54) is 41.9 Å². The van der Waals surface area contributed by atoms with Crippen molar-refractivity contribution in [3.8, 4) is 0 Å². The van der Waals surface area contributed by atoms with Crippen molar-refractivity contribution in [1.82, 2.24) is 4.98 Å². The molecule has 1 fully saturated rings. The summed E-state index contributed by atoms with van der Waals surface area (Å²) in [5, 5.41) is 0.443. The molecule has 0 saturated heterocycles. The fraction of sp³-hybridized carbons (Fsp3) is 0.667. The Morgan fingerprint density at radius 1 is 1.62 bits per heavy atom. The fourth-order valence-electron chi connectivity index (χ4n) is 2.53. The molecule has 0 aromatic carbocycles. The smallest absolute Gasteiger partial charge is 0.277 e. The van der Waals surface area contributed by atoms with E-state index in [-0.39, 0.29) is 0 Å². The predicted molar refractivity (Wildman–Crippen MR) is 65.6 cm³/mol. The molecule has 1 aliphatic rings. The lowest BCUT2D eigenvalue weighted by atomic mass is 9.72. The lowest BCUT2D eigenvalue weighted by Crippen LogP contribution is -2.20. The van der Waals surface area contributed by atoms with Gasteiger partial charge in [0.15, 0.2) is 5.01 Å². The molecule has 88 valence electrons. The van der Waals surface area contributed by atoms with Crippen molar-refractivity contribution in [2.75, 3.05) is 0 Å². The molecule has 1 aromatic heterocycles. The van der Waals surface area contributed by atoms with Gasteiger partial charge in [0.25, 0.3) is 5.91 Å². The molecule has 1 amide bonds. The van der Waals surface area contributed by atoms with E-state index in [1.807, 2.05) is 6.20 Å². The molecule has 1 atom stereocenters. The summed E-state index contributed by atoms with van der Waals surface area (Å²) in [5.74, 6) is 0.153. The van der Waals surface area contributed by atoms with Crippen molar-refractivity contribution >= 4 is 17.2 Å². The van der Waals surface area contributed by atoms with Gasteiger partial charge in [-0.1, -0.05) is 20.3 Å². The number of hydrogen-bond acceptors (Lipinski definition) is 3. The normalized spacial score (nSPS) is 24.2. The zero-order valence-corrected chi connectivity index (χ0v) is 10.6. The Hall–Kier alpha value is -0.900. The highest BCUT2D eigenvalue weighted by Crippen LogP contribution is 2.44. The Bertz CT molecular complexity index is 397. The van der Waals surface area contributed by atoms with Crippen molar-refractivity contribution in [2.45, 2.75) is 45.4 Å². The molecule has 0 radical (unpaired) electrons. The standard InChI is InChI=1S/C12H18N2OS/c1-12(2)5-3-4-8(6-12)9-7-14-11(16-9)10(13)15/h7-8H,3-6H2,1-2H3,(H2,13,15). The van der Waals surface area contributed by atoms with Crippen molar-refractivity contribution in [3.05, 3.63) is 16.1 Å². The SMILES string of the molecule is CC1(C)CCCC(c2cnc(C(N)=O)s2)C1. The van der Waals surface area contributed by atoms with Gasteiger partial charge >= 0.3 is 0 Å². The third-order valence-electron chi connectivity index (χ3n) is 3.34. The summed E-state index contributed by atoms with van der Waals surface area (Å²) in [7, 11) is 0. The van der Waals surface area contributed by atoms with Gasteiger partial charge in [0.1, 0.15) is 0 Å². The summed E-state index contributed by atoms with van der Waals surface area (Å²) < 4.78 is 0. The Morgan fingerprint density at radius 3 is 2.94 bits per heavy atom. The van der Waals surface area contributed by atoms with Gasteiger partial charge in [0, 0.05) is 11.1 Å². The first-order chi connectivity index (χ1) is 7.48. The van der Waals surface area contributed by atoms with E-state index in [2.05, 4.69) is 18.8 Å². The topological polar surface area (TPSA) is 56.0 Å². The van der Waals surface area contributed by atoms with Gasteiger partial charge in [0.2, 0.25) is 0 Å². The molecule has 1 saturated carbocycles. The van der Waals surface area contributed by atoms with Crippen LogP contribution < -0.4 is 5.73 Å². The van der Waals surface area contributed by atoms with E-state index in [1.54, 1.807) is 0 Å². The first-order valence-corrected chi connectivity index (χ1v) is 6.55. The van der Waals surface area contributed by atoms with Crippen LogP contribution in [-0.2, 0) is 0 Å². The summed E-state index contributed by atoms with van der Waals surface area (Å²) in [4.78, 5) is 16.3. The highest BCUT2D eigenvalue weighted by Gasteiger charge is 2.30. The summed E-state index contributed by atoms with van der Waals surface area (Å²) in [6.07, 6.45) is 6.79. The van der Waals surface area contributed by atoms with Crippen LogP contribution in [0.15, 0.2) is 6.20 Å². The van der Waals surface area contributed by atoms with E-state index < -0.39 is 5.91 Å². The van der Waals surface area contributed by atoms with Gasteiger partial charge in [-0.25, -0.2) is 4.98 Å². The minimum atomic E-state index is -0.411. The zero-order valence-electron chi connectivity index (χ0n) is 9.82. The van der Waals surface area contributed by atoms with Crippen molar-refractivity contribution in [2.24, 2.45) is 11.1 Å². The van der Waals surface area contributed by atoms with Crippen LogP contribution in [0.1, 0.15) is 60.1 Å². The molecule has 1 aliphatic carbocycles. The first-order valence-electron chi connectivity index (χ1n) is 5.73. The molecule has 0 spiro atoms. The molecule has 4 heteroatoms. The number of primary amides is 1. The Labute approximate surface area is 100 Å². The third kappa shape index (κ3) is 2.43.